The predicted octanol–water partition coefficient (Wildman–Crippen LogP) is 4.07. The van der Waals surface area contributed by atoms with Gasteiger partial charge in [0.1, 0.15) is 6.54 Å². The van der Waals surface area contributed by atoms with E-state index in [0.717, 1.165) is 6.42 Å². The summed E-state index contributed by atoms with van der Waals surface area (Å²) in [7, 11) is -3.69. The van der Waals surface area contributed by atoms with Crippen LogP contribution in [0.2, 0.25) is 5.02 Å². The number of aromatic nitrogens is 1. The van der Waals surface area contributed by atoms with Crippen molar-refractivity contribution in [2.24, 2.45) is 5.92 Å². The minimum absolute atomic E-state index is 0.0112. The Morgan fingerprint density at radius 1 is 1.15 bits per heavy atom. The van der Waals surface area contributed by atoms with Crippen LogP contribution in [-0.2, 0) is 36.5 Å². The van der Waals surface area contributed by atoms with Crippen LogP contribution in [0.1, 0.15) is 25.3 Å². The van der Waals surface area contributed by atoms with Gasteiger partial charge in [-0.2, -0.15) is 0 Å². The van der Waals surface area contributed by atoms with Crippen molar-refractivity contribution in [3.63, 3.8) is 0 Å². The van der Waals surface area contributed by atoms with E-state index in [2.05, 4.69) is 0 Å². The maximum Gasteiger partial charge on any atom is 0.310 e. The molecule has 1 amide bonds. The molecule has 2 aromatic carbocycles. The lowest BCUT2D eigenvalue weighted by Crippen LogP contribution is -2.44. The van der Waals surface area contributed by atoms with E-state index < -0.39 is 9.84 Å². The van der Waals surface area contributed by atoms with Gasteiger partial charge in [0.2, 0.25) is 5.91 Å². The number of carbonyl (C=O) groups excluding carboxylic acids is 2. The van der Waals surface area contributed by atoms with Gasteiger partial charge in [-0.25, -0.2) is 8.42 Å². The summed E-state index contributed by atoms with van der Waals surface area (Å²) < 4.78 is 33.4. The van der Waals surface area contributed by atoms with Crippen molar-refractivity contribution >= 4 is 44.2 Å². The SMILES string of the molecule is CCOC(=O)C1CCCN(C(=O)Cn2cc(S(=O)(=O)Cc3cccc(Cl)c3)c3ccccc32)C1. The number of amides is 1. The molecule has 0 aliphatic carbocycles. The number of nitrogens with zero attached hydrogens (tertiary/aromatic N) is 2. The van der Waals surface area contributed by atoms with E-state index in [4.69, 9.17) is 16.3 Å². The summed E-state index contributed by atoms with van der Waals surface area (Å²) in [6.45, 7) is 2.94. The molecule has 0 N–H and O–H groups in total. The third-order valence-electron chi connectivity index (χ3n) is 6.03. The first-order chi connectivity index (χ1) is 16.3. The van der Waals surface area contributed by atoms with Crippen molar-refractivity contribution < 1.29 is 22.7 Å². The van der Waals surface area contributed by atoms with E-state index in [1.807, 2.05) is 6.07 Å². The lowest BCUT2D eigenvalue weighted by Gasteiger charge is -2.31. The molecule has 0 bridgehead atoms. The number of ether oxygens (including phenoxy) is 1. The van der Waals surface area contributed by atoms with Crippen LogP contribution in [0.4, 0.5) is 0 Å². The molecule has 1 aliphatic rings. The fourth-order valence-corrected chi connectivity index (χ4v) is 6.20. The first kappa shape index (κ1) is 24.3. The molecule has 2 heterocycles. The van der Waals surface area contributed by atoms with Gasteiger partial charge < -0.3 is 14.2 Å². The van der Waals surface area contributed by atoms with E-state index in [0.29, 0.717) is 47.6 Å². The molecule has 1 aromatic heterocycles. The van der Waals surface area contributed by atoms with Crippen LogP contribution in [0.15, 0.2) is 59.6 Å². The van der Waals surface area contributed by atoms with Crippen molar-refractivity contribution in [3.8, 4) is 0 Å². The van der Waals surface area contributed by atoms with Crippen molar-refractivity contribution in [2.75, 3.05) is 19.7 Å². The number of rotatable bonds is 7. The Morgan fingerprint density at radius 3 is 2.71 bits per heavy atom. The summed E-state index contributed by atoms with van der Waals surface area (Å²) in [4.78, 5) is 27.1. The monoisotopic (exact) mass is 502 g/mol. The fraction of sp³-hybridized carbons (Fsp3) is 0.360. The topological polar surface area (TPSA) is 85.7 Å². The molecule has 0 radical (unpaired) electrons. The van der Waals surface area contributed by atoms with Crippen molar-refractivity contribution in [1.29, 1.82) is 0 Å². The molecule has 180 valence electrons. The molecule has 0 saturated carbocycles. The fourth-order valence-electron chi connectivity index (χ4n) is 4.42. The molecular weight excluding hydrogens is 476 g/mol. The van der Waals surface area contributed by atoms with Crippen LogP contribution < -0.4 is 0 Å². The highest BCUT2D eigenvalue weighted by Gasteiger charge is 2.30. The maximum absolute atomic E-state index is 13.3. The smallest absolute Gasteiger partial charge is 0.310 e. The molecule has 1 saturated heterocycles. The maximum atomic E-state index is 13.3. The summed E-state index contributed by atoms with van der Waals surface area (Å²) in [5, 5.41) is 1.05. The Kier molecular flexibility index (Phi) is 7.28. The minimum atomic E-state index is -3.69. The van der Waals surface area contributed by atoms with Gasteiger partial charge in [0.05, 0.1) is 23.2 Å². The molecule has 1 fully saturated rings. The van der Waals surface area contributed by atoms with E-state index in [1.54, 1.807) is 58.9 Å². The van der Waals surface area contributed by atoms with Crippen LogP contribution in [-0.4, -0.2) is 49.5 Å². The lowest BCUT2D eigenvalue weighted by atomic mass is 9.98. The first-order valence-corrected chi connectivity index (χ1v) is 13.3. The second kappa shape index (κ2) is 10.2. The lowest BCUT2D eigenvalue weighted by molar-refractivity contribution is -0.151. The van der Waals surface area contributed by atoms with Crippen LogP contribution in [0.5, 0.6) is 0 Å². The van der Waals surface area contributed by atoms with Crippen molar-refractivity contribution in [1.82, 2.24) is 9.47 Å². The Bertz CT molecular complexity index is 1320. The quantitative estimate of drug-likeness (QED) is 0.454. The molecule has 1 aliphatic heterocycles. The van der Waals surface area contributed by atoms with Gasteiger partial charge in [-0.3, -0.25) is 9.59 Å². The number of hydrogen-bond donors (Lipinski definition) is 0. The standard InChI is InChI=1S/C25H27ClN2O5S/c1-2-33-25(30)19-8-6-12-27(14-19)24(29)16-28-15-23(21-10-3-4-11-22(21)28)34(31,32)17-18-7-5-9-20(26)13-18/h3-5,7,9-11,13,15,19H,2,6,8,12,14,16-17H2,1H3. The highest BCUT2D eigenvalue weighted by molar-refractivity contribution is 7.90. The molecule has 9 heteroatoms. The minimum Gasteiger partial charge on any atom is -0.466 e. The number of piperidine rings is 1. The van der Waals surface area contributed by atoms with Gasteiger partial charge >= 0.3 is 5.97 Å². The number of benzene rings is 2. The molecule has 4 rings (SSSR count). The molecule has 7 nitrogen and oxygen atoms in total. The summed E-state index contributed by atoms with van der Waals surface area (Å²) >= 11 is 6.03. The second-order valence-corrected chi connectivity index (χ2v) is 10.9. The normalized spacial score (nSPS) is 16.5. The van der Waals surface area contributed by atoms with Gasteiger partial charge in [0, 0.05) is 35.2 Å². The van der Waals surface area contributed by atoms with Gasteiger partial charge in [-0.1, -0.05) is 41.9 Å². The number of para-hydroxylation sites is 1. The van der Waals surface area contributed by atoms with Crippen LogP contribution in [0, 0.1) is 5.92 Å². The molecule has 0 spiro atoms. The largest absolute Gasteiger partial charge is 0.466 e. The van der Waals surface area contributed by atoms with Gasteiger partial charge in [0.15, 0.2) is 9.84 Å². The van der Waals surface area contributed by atoms with Crippen LogP contribution >= 0.6 is 11.6 Å². The highest BCUT2D eigenvalue weighted by Crippen LogP contribution is 2.29. The van der Waals surface area contributed by atoms with E-state index >= 15 is 0 Å². The first-order valence-electron chi connectivity index (χ1n) is 11.3. The second-order valence-electron chi connectivity index (χ2n) is 8.46. The zero-order valence-corrected chi connectivity index (χ0v) is 20.5. The Balaban J connectivity index is 1.58. The van der Waals surface area contributed by atoms with Crippen LogP contribution in [0.3, 0.4) is 0 Å². The Labute approximate surface area is 204 Å². The summed E-state index contributed by atoms with van der Waals surface area (Å²) in [5.41, 5.74) is 1.26. The summed E-state index contributed by atoms with van der Waals surface area (Å²) in [6.07, 6.45) is 2.96. The number of halogens is 1. The third kappa shape index (κ3) is 5.28. The predicted molar refractivity (Wildman–Crippen MR) is 130 cm³/mol. The number of likely N-dealkylation sites (tertiary alicyclic amines) is 1. The number of esters is 1. The van der Waals surface area contributed by atoms with Crippen molar-refractivity contribution in [2.45, 2.75) is 37.0 Å². The molecule has 34 heavy (non-hydrogen) atoms. The van der Waals surface area contributed by atoms with Crippen molar-refractivity contribution in [3.05, 3.63) is 65.3 Å². The average molecular weight is 503 g/mol. The van der Waals surface area contributed by atoms with E-state index in [1.165, 1.54) is 6.20 Å². The number of sulfone groups is 1. The molecular formula is C25H27ClN2O5S. The van der Waals surface area contributed by atoms with Gasteiger partial charge in [0.25, 0.3) is 0 Å². The van der Waals surface area contributed by atoms with Gasteiger partial charge in [-0.15, -0.1) is 0 Å². The van der Waals surface area contributed by atoms with E-state index in [-0.39, 0.29) is 35.0 Å². The number of carbonyl (C=O) groups is 2. The van der Waals surface area contributed by atoms with Crippen LogP contribution in [0.25, 0.3) is 10.9 Å². The Hall–Kier alpha value is -2.84. The number of hydrogen-bond acceptors (Lipinski definition) is 5. The molecule has 1 unspecified atom stereocenters. The van der Waals surface area contributed by atoms with E-state index in [9.17, 15) is 18.0 Å². The zero-order chi connectivity index (χ0) is 24.3. The number of fused-ring (bicyclic) bond motifs is 1. The average Bonchev–Trinajstić information content (AvgIpc) is 3.18. The molecule has 3 aromatic rings. The zero-order valence-electron chi connectivity index (χ0n) is 18.9. The third-order valence-corrected chi connectivity index (χ3v) is 7.98. The summed E-state index contributed by atoms with van der Waals surface area (Å²) in [5.74, 6) is -0.954. The Morgan fingerprint density at radius 2 is 1.94 bits per heavy atom. The molecule has 1 atom stereocenters. The highest BCUT2D eigenvalue weighted by atomic mass is 35.5. The summed E-state index contributed by atoms with van der Waals surface area (Å²) in [6, 6.07) is 13.9. The van der Waals surface area contributed by atoms with Gasteiger partial charge in [-0.05, 0) is 43.5 Å².